The number of ketones is 1. The lowest BCUT2D eigenvalue weighted by atomic mass is 10.1. The number of carbonyl (C=O) groups excluding carboxylic acids is 1. The number of hydrogen-bond donors (Lipinski definition) is 0. The van der Waals surface area contributed by atoms with Crippen LogP contribution in [-0.4, -0.2) is 17.5 Å². The van der Waals surface area contributed by atoms with Crippen molar-refractivity contribution in [1.82, 2.24) is 4.57 Å². The molecule has 1 aromatic heterocycles. The van der Waals surface area contributed by atoms with Crippen LogP contribution in [0, 0.1) is 0 Å². The Kier molecular flexibility index (Phi) is 3.73. The third kappa shape index (κ3) is 2.82. The number of Topliss-reactive ketones (excluding diaryl/α,β-unsaturated/α-hetero) is 1. The number of rotatable bonds is 5. The molecule has 0 aliphatic rings. The summed E-state index contributed by atoms with van der Waals surface area (Å²) < 4.78 is 7.33. The Morgan fingerprint density at radius 3 is 2.67 bits per heavy atom. The Hall–Kier alpha value is -2.55. The Morgan fingerprint density at radius 1 is 1.10 bits per heavy atom. The molecule has 2 aromatic carbocycles. The minimum absolute atomic E-state index is 0.172. The highest BCUT2D eigenvalue weighted by Crippen LogP contribution is 2.22. The summed E-state index contributed by atoms with van der Waals surface area (Å²) in [5.74, 6) is 1.02. The van der Waals surface area contributed by atoms with Gasteiger partial charge in [0.25, 0.3) is 0 Å². The van der Waals surface area contributed by atoms with Gasteiger partial charge in [-0.05, 0) is 24.3 Å². The Morgan fingerprint density at radius 2 is 1.90 bits per heavy atom. The van der Waals surface area contributed by atoms with Crippen molar-refractivity contribution in [3.05, 3.63) is 66.4 Å². The molecule has 3 aromatic rings. The number of nitrogens with zero attached hydrogens (tertiary/aromatic N) is 1. The number of benzene rings is 2. The number of aryl methyl sites for hydroxylation is 1. The molecule has 0 unspecified atom stereocenters. The number of hydrogen-bond acceptors (Lipinski definition) is 2. The van der Waals surface area contributed by atoms with Crippen LogP contribution in [0.25, 0.3) is 10.9 Å². The van der Waals surface area contributed by atoms with Gasteiger partial charge in [-0.25, -0.2) is 0 Å². The fourth-order valence-corrected chi connectivity index (χ4v) is 2.49. The Labute approximate surface area is 123 Å². The zero-order valence-electron chi connectivity index (χ0n) is 12.0. The van der Waals surface area contributed by atoms with Gasteiger partial charge in [-0.15, -0.1) is 0 Å². The molecule has 0 bridgehead atoms. The predicted octanol–water partition coefficient (Wildman–Crippen LogP) is 3.92. The molecule has 0 N–H and O–H groups in total. The highest BCUT2D eigenvalue weighted by molar-refractivity contribution is 5.96. The van der Waals surface area contributed by atoms with E-state index in [-0.39, 0.29) is 5.78 Å². The number of methoxy groups -OCH3 is 1. The van der Waals surface area contributed by atoms with Crippen molar-refractivity contribution in [1.29, 1.82) is 0 Å². The normalized spacial score (nSPS) is 10.7. The number of fused-ring (bicyclic) bond motifs is 1. The van der Waals surface area contributed by atoms with Gasteiger partial charge in [0.1, 0.15) is 5.75 Å². The summed E-state index contributed by atoms with van der Waals surface area (Å²) in [6, 6.07) is 17.5. The van der Waals surface area contributed by atoms with Crippen LogP contribution in [0.2, 0.25) is 0 Å². The lowest BCUT2D eigenvalue weighted by molar-refractivity contribution is 0.0977. The monoisotopic (exact) mass is 279 g/mol. The van der Waals surface area contributed by atoms with Crippen LogP contribution < -0.4 is 4.74 Å². The molecule has 0 saturated heterocycles. The summed E-state index contributed by atoms with van der Waals surface area (Å²) in [6.45, 7) is 0.684. The minimum atomic E-state index is 0.172. The summed E-state index contributed by atoms with van der Waals surface area (Å²) in [5, 5.41) is 1.13. The lowest BCUT2D eigenvalue weighted by Crippen LogP contribution is -2.05. The van der Waals surface area contributed by atoms with E-state index in [0.717, 1.165) is 22.2 Å². The molecule has 3 nitrogen and oxygen atoms in total. The summed E-state index contributed by atoms with van der Waals surface area (Å²) in [6.07, 6.45) is 2.52. The average molecular weight is 279 g/mol. The smallest absolute Gasteiger partial charge is 0.164 e. The molecular weight excluding hydrogens is 262 g/mol. The maximum absolute atomic E-state index is 12.1. The maximum atomic E-state index is 12.1. The van der Waals surface area contributed by atoms with Crippen molar-refractivity contribution in [2.24, 2.45) is 0 Å². The van der Waals surface area contributed by atoms with E-state index >= 15 is 0 Å². The van der Waals surface area contributed by atoms with Crippen LogP contribution in [0.3, 0.4) is 0 Å². The van der Waals surface area contributed by atoms with Crippen molar-refractivity contribution in [2.45, 2.75) is 13.0 Å². The molecule has 0 aliphatic carbocycles. The molecular formula is C18H17NO2. The van der Waals surface area contributed by atoms with Gasteiger partial charge in [0.15, 0.2) is 5.78 Å². The van der Waals surface area contributed by atoms with E-state index in [4.69, 9.17) is 4.74 Å². The van der Waals surface area contributed by atoms with E-state index in [2.05, 4.69) is 4.57 Å². The zero-order valence-corrected chi connectivity index (χ0v) is 12.0. The SMILES string of the molecule is COc1ccc2c(ccn2CCC(=O)c2ccccc2)c1. The van der Waals surface area contributed by atoms with Crippen LogP contribution in [0.4, 0.5) is 0 Å². The fourth-order valence-electron chi connectivity index (χ4n) is 2.49. The standard InChI is InChI=1S/C18H17NO2/c1-21-16-7-8-17-15(13-16)9-11-19(17)12-10-18(20)14-5-3-2-4-6-14/h2-9,11,13H,10,12H2,1H3. The molecule has 0 atom stereocenters. The van der Waals surface area contributed by atoms with E-state index in [1.54, 1.807) is 7.11 Å². The molecule has 1 heterocycles. The molecule has 3 rings (SSSR count). The summed E-state index contributed by atoms with van der Waals surface area (Å²) in [4.78, 5) is 12.1. The first-order chi connectivity index (χ1) is 10.3. The van der Waals surface area contributed by atoms with Crippen LogP contribution in [-0.2, 0) is 6.54 Å². The molecule has 0 radical (unpaired) electrons. The zero-order chi connectivity index (χ0) is 14.7. The molecule has 106 valence electrons. The summed E-state index contributed by atoms with van der Waals surface area (Å²) >= 11 is 0. The number of ether oxygens (including phenoxy) is 1. The largest absolute Gasteiger partial charge is 0.497 e. The van der Waals surface area contributed by atoms with Crippen LogP contribution in [0.15, 0.2) is 60.8 Å². The van der Waals surface area contributed by atoms with E-state index in [0.29, 0.717) is 13.0 Å². The highest BCUT2D eigenvalue weighted by atomic mass is 16.5. The molecule has 0 fully saturated rings. The van der Waals surface area contributed by atoms with Gasteiger partial charge in [-0.1, -0.05) is 30.3 Å². The van der Waals surface area contributed by atoms with Gasteiger partial charge in [0, 0.05) is 35.6 Å². The van der Waals surface area contributed by atoms with Gasteiger partial charge in [0.2, 0.25) is 0 Å². The molecule has 0 aliphatic heterocycles. The maximum Gasteiger partial charge on any atom is 0.164 e. The first kappa shape index (κ1) is 13.4. The van der Waals surface area contributed by atoms with Gasteiger partial charge >= 0.3 is 0 Å². The number of aromatic nitrogens is 1. The van der Waals surface area contributed by atoms with Gasteiger partial charge in [0.05, 0.1) is 7.11 Å². The molecule has 21 heavy (non-hydrogen) atoms. The van der Waals surface area contributed by atoms with Gasteiger partial charge in [-0.3, -0.25) is 4.79 Å². The third-order valence-corrected chi connectivity index (χ3v) is 3.65. The summed E-state index contributed by atoms with van der Waals surface area (Å²) in [7, 11) is 1.66. The average Bonchev–Trinajstić information content (AvgIpc) is 2.95. The fraction of sp³-hybridized carbons (Fsp3) is 0.167. The highest BCUT2D eigenvalue weighted by Gasteiger charge is 2.07. The van der Waals surface area contributed by atoms with Crippen molar-refractivity contribution in [2.75, 3.05) is 7.11 Å². The van der Waals surface area contributed by atoms with E-state index in [1.807, 2.05) is 60.8 Å². The predicted molar refractivity (Wildman–Crippen MR) is 83.9 cm³/mol. The van der Waals surface area contributed by atoms with Crippen LogP contribution in [0.5, 0.6) is 5.75 Å². The second-order valence-corrected chi connectivity index (χ2v) is 4.97. The second-order valence-electron chi connectivity index (χ2n) is 4.97. The van der Waals surface area contributed by atoms with Crippen LogP contribution >= 0.6 is 0 Å². The third-order valence-electron chi connectivity index (χ3n) is 3.65. The van der Waals surface area contributed by atoms with Crippen molar-refractivity contribution in [3.63, 3.8) is 0 Å². The second kappa shape index (κ2) is 5.83. The summed E-state index contributed by atoms with van der Waals surface area (Å²) in [5.41, 5.74) is 1.90. The van der Waals surface area contributed by atoms with Crippen molar-refractivity contribution >= 4 is 16.7 Å². The molecule has 3 heteroatoms. The van der Waals surface area contributed by atoms with E-state index < -0.39 is 0 Å². The molecule has 0 amide bonds. The first-order valence-corrected chi connectivity index (χ1v) is 6.99. The Balaban J connectivity index is 1.75. The minimum Gasteiger partial charge on any atom is -0.497 e. The van der Waals surface area contributed by atoms with Crippen LogP contribution in [0.1, 0.15) is 16.8 Å². The molecule has 0 spiro atoms. The van der Waals surface area contributed by atoms with Gasteiger partial charge in [-0.2, -0.15) is 0 Å². The van der Waals surface area contributed by atoms with Crippen molar-refractivity contribution < 1.29 is 9.53 Å². The molecule has 0 saturated carbocycles. The van der Waals surface area contributed by atoms with E-state index in [9.17, 15) is 4.79 Å². The van der Waals surface area contributed by atoms with Gasteiger partial charge < -0.3 is 9.30 Å². The lowest BCUT2D eigenvalue weighted by Gasteiger charge is -2.06. The quantitative estimate of drug-likeness (QED) is 0.663. The Bertz CT molecular complexity index is 759. The topological polar surface area (TPSA) is 31.2 Å². The first-order valence-electron chi connectivity index (χ1n) is 6.99. The number of carbonyl (C=O) groups is 1. The van der Waals surface area contributed by atoms with Crippen molar-refractivity contribution in [3.8, 4) is 5.75 Å². The van der Waals surface area contributed by atoms with E-state index in [1.165, 1.54) is 0 Å².